The molecule has 19 heavy (non-hydrogen) atoms. The van der Waals surface area contributed by atoms with Crippen LogP contribution >= 0.6 is 0 Å². The molecule has 2 heterocycles. The third-order valence-electron chi connectivity index (χ3n) is 3.78. The van der Waals surface area contributed by atoms with E-state index >= 15 is 0 Å². The van der Waals surface area contributed by atoms with Gasteiger partial charge in [0.2, 0.25) is 0 Å². The van der Waals surface area contributed by atoms with Crippen molar-refractivity contribution in [3.8, 4) is 0 Å². The average molecular weight is 263 g/mol. The van der Waals surface area contributed by atoms with Gasteiger partial charge in [0, 0.05) is 57.6 Å². The first kappa shape index (κ1) is 14.4. The predicted molar refractivity (Wildman–Crippen MR) is 79.5 cm³/mol. The van der Waals surface area contributed by atoms with Crippen molar-refractivity contribution in [1.82, 2.24) is 9.80 Å². The van der Waals surface area contributed by atoms with Gasteiger partial charge in [0.15, 0.2) is 0 Å². The van der Waals surface area contributed by atoms with Gasteiger partial charge >= 0.3 is 0 Å². The molecule has 106 valence electrons. The summed E-state index contributed by atoms with van der Waals surface area (Å²) in [5.74, 6) is 0. The molecule has 2 aliphatic rings. The highest BCUT2D eigenvalue weighted by Crippen LogP contribution is 2.12. The summed E-state index contributed by atoms with van der Waals surface area (Å²) in [5.41, 5.74) is 2.59. The third kappa shape index (κ3) is 4.90. The van der Waals surface area contributed by atoms with E-state index < -0.39 is 0 Å². The van der Waals surface area contributed by atoms with Crippen LogP contribution in [0.4, 0.5) is 0 Å². The van der Waals surface area contributed by atoms with Crippen molar-refractivity contribution in [3.05, 3.63) is 23.4 Å². The van der Waals surface area contributed by atoms with Crippen LogP contribution in [0.1, 0.15) is 19.8 Å². The second-order valence-electron chi connectivity index (χ2n) is 5.30. The zero-order valence-corrected chi connectivity index (χ0v) is 11.9. The molecule has 0 atom stereocenters. The molecule has 0 radical (unpaired) electrons. The summed E-state index contributed by atoms with van der Waals surface area (Å²) in [7, 11) is 0. The summed E-state index contributed by atoms with van der Waals surface area (Å²) in [6.07, 6.45) is 8.52. The molecule has 0 aromatic heterocycles. The molecular formula is C15H25N3O. The number of allylic oxidation sites excluding steroid dienone is 3. The molecule has 0 aromatic rings. The maximum Gasteiger partial charge on any atom is 0.0558 e. The number of aliphatic imine (C=N–C) groups is 1. The largest absolute Gasteiger partial charge is 0.395 e. The predicted octanol–water partition coefficient (Wildman–Crippen LogP) is 1.29. The molecule has 4 nitrogen and oxygen atoms in total. The van der Waals surface area contributed by atoms with Crippen molar-refractivity contribution >= 4 is 6.21 Å². The fourth-order valence-electron chi connectivity index (χ4n) is 2.57. The maximum atomic E-state index is 8.94. The van der Waals surface area contributed by atoms with E-state index in [4.69, 9.17) is 5.11 Å². The van der Waals surface area contributed by atoms with Gasteiger partial charge in [-0.25, -0.2) is 0 Å². The van der Waals surface area contributed by atoms with Crippen LogP contribution in [0.3, 0.4) is 0 Å². The highest BCUT2D eigenvalue weighted by Gasteiger charge is 2.16. The van der Waals surface area contributed by atoms with Gasteiger partial charge in [-0.15, -0.1) is 0 Å². The number of nitrogens with zero attached hydrogens (tertiary/aromatic N) is 3. The zero-order valence-electron chi connectivity index (χ0n) is 11.9. The Morgan fingerprint density at radius 3 is 2.63 bits per heavy atom. The van der Waals surface area contributed by atoms with Crippen LogP contribution in [-0.2, 0) is 0 Å². The van der Waals surface area contributed by atoms with Crippen molar-refractivity contribution in [2.24, 2.45) is 4.99 Å². The van der Waals surface area contributed by atoms with Crippen LogP contribution in [0.2, 0.25) is 0 Å². The summed E-state index contributed by atoms with van der Waals surface area (Å²) in [4.78, 5) is 9.24. The standard InChI is InChI=1S/C15H25N3O/c1-14-3-2-4-15(5-6-16-14)13-18-9-7-17(8-10-18)11-12-19/h3-4,6,19H,2,5,7-13H2,1H3/b14-3?,15-4+,16-6?. The van der Waals surface area contributed by atoms with Gasteiger partial charge in [-0.05, 0) is 13.3 Å². The highest BCUT2D eigenvalue weighted by molar-refractivity contribution is 5.63. The van der Waals surface area contributed by atoms with E-state index in [1.165, 1.54) is 5.57 Å². The lowest BCUT2D eigenvalue weighted by molar-refractivity contribution is 0.118. The minimum atomic E-state index is 0.271. The van der Waals surface area contributed by atoms with Gasteiger partial charge in [-0.2, -0.15) is 0 Å². The fourth-order valence-corrected chi connectivity index (χ4v) is 2.57. The first-order valence-corrected chi connectivity index (χ1v) is 7.20. The Balaban J connectivity index is 1.79. The Labute approximate surface area is 116 Å². The monoisotopic (exact) mass is 263 g/mol. The van der Waals surface area contributed by atoms with Gasteiger partial charge in [-0.3, -0.25) is 14.8 Å². The Kier molecular flexibility index (Phi) is 5.76. The van der Waals surface area contributed by atoms with Crippen LogP contribution in [0, 0.1) is 0 Å². The summed E-state index contributed by atoms with van der Waals surface area (Å²) in [5, 5.41) is 8.94. The van der Waals surface area contributed by atoms with E-state index in [1.54, 1.807) is 0 Å². The number of β-amino-alcohol motifs (C(OH)–C–C–N with tert-alkyl or cyclic N) is 1. The lowest BCUT2D eigenvalue weighted by Crippen LogP contribution is -2.47. The molecular weight excluding hydrogens is 238 g/mol. The summed E-state index contributed by atoms with van der Waals surface area (Å²) < 4.78 is 0. The number of aliphatic hydroxyl groups is 1. The molecule has 1 fully saturated rings. The number of piperazine rings is 1. The molecule has 0 amide bonds. The van der Waals surface area contributed by atoms with Gasteiger partial charge < -0.3 is 5.11 Å². The molecule has 2 aliphatic heterocycles. The molecule has 2 rings (SSSR count). The number of hydrogen-bond donors (Lipinski definition) is 1. The second-order valence-corrected chi connectivity index (χ2v) is 5.30. The maximum absolute atomic E-state index is 8.94. The molecule has 0 aromatic carbocycles. The summed E-state index contributed by atoms with van der Waals surface area (Å²) in [6, 6.07) is 0. The van der Waals surface area contributed by atoms with Gasteiger partial charge in [0.05, 0.1) is 6.61 Å². The van der Waals surface area contributed by atoms with E-state index in [1.807, 2.05) is 6.21 Å². The van der Waals surface area contributed by atoms with Crippen LogP contribution in [-0.4, -0.2) is 67.0 Å². The molecule has 0 saturated carbocycles. The van der Waals surface area contributed by atoms with Crippen molar-refractivity contribution in [3.63, 3.8) is 0 Å². The number of hydrogen-bond acceptors (Lipinski definition) is 4. The minimum Gasteiger partial charge on any atom is -0.395 e. The number of rotatable bonds is 4. The Morgan fingerprint density at radius 1 is 1.16 bits per heavy atom. The van der Waals surface area contributed by atoms with Gasteiger partial charge in [-0.1, -0.05) is 17.7 Å². The third-order valence-corrected chi connectivity index (χ3v) is 3.78. The molecule has 1 saturated heterocycles. The molecule has 1 N–H and O–H groups in total. The van der Waals surface area contributed by atoms with E-state index in [-0.39, 0.29) is 6.61 Å². The lowest BCUT2D eigenvalue weighted by atomic mass is 10.1. The topological polar surface area (TPSA) is 39.1 Å². The SMILES string of the molecule is CC1=CC/C=C(/CN2CCN(CCO)CC2)CC=N1. The van der Waals surface area contributed by atoms with Gasteiger partial charge in [0.25, 0.3) is 0 Å². The molecule has 0 spiro atoms. The smallest absolute Gasteiger partial charge is 0.0558 e. The first-order valence-electron chi connectivity index (χ1n) is 7.20. The average Bonchev–Trinajstić information content (AvgIpc) is 2.38. The van der Waals surface area contributed by atoms with E-state index in [9.17, 15) is 0 Å². The Bertz CT molecular complexity index is 366. The zero-order chi connectivity index (χ0) is 13.5. The quantitative estimate of drug-likeness (QED) is 0.777. The van der Waals surface area contributed by atoms with E-state index in [0.29, 0.717) is 0 Å². The van der Waals surface area contributed by atoms with Crippen LogP contribution in [0.5, 0.6) is 0 Å². The normalized spacial score (nSPS) is 25.4. The Morgan fingerprint density at radius 2 is 1.89 bits per heavy atom. The van der Waals surface area contributed by atoms with Crippen LogP contribution in [0.15, 0.2) is 28.4 Å². The van der Waals surface area contributed by atoms with Crippen LogP contribution < -0.4 is 0 Å². The highest BCUT2D eigenvalue weighted by atomic mass is 16.3. The van der Waals surface area contributed by atoms with Crippen LogP contribution in [0.25, 0.3) is 0 Å². The minimum absolute atomic E-state index is 0.271. The summed E-state index contributed by atoms with van der Waals surface area (Å²) in [6.45, 7) is 8.54. The van der Waals surface area contributed by atoms with E-state index in [2.05, 4.69) is 33.9 Å². The van der Waals surface area contributed by atoms with Crippen molar-refractivity contribution in [1.29, 1.82) is 0 Å². The van der Waals surface area contributed by atoms with Gasteiger partial charge in [0.1, 0.15) is 0 Å². The second kappa shape index (κ2) is 7.58. The molecule has 0 aliphatic carbocycles. The molecule has 0 bridgehead atoms. The first-order chi connectivity index (χ1) is 9.28. The Hall–Kier alpha value is -0.970. The molecule has 0 unspecified atom stereocenters. The molecule has 4 heteroatoms. The fraction of sp³-hybridized carbons (Fsp3) is 0.667. The van der Waals surface area contributed by atoms with Crippen molar-refractivity contribution in [2.75, 3.05) is 45.9 Å². The van der Waals surface area contributed by atoms with E-state index in [0.717, 1.165) is 57.8 Å². The summed E-state index contributed by atoms with van der Waals surface area (Å²) >= 11 is 0. The van der Waals surface area contributed by atoms with Crippen molar-refractivity contribution < 1.29 is 5.11 Å². The lowest BCUT2D eigenvalue weighted by Gasteiger charge is -2.34. The van der Waals surface area contributed by atoms with Crippen molar-refractivity contribution in [2.45, 2.75) is 19.8 Å². The number of aliphatic hydroxyl groups excluding tert-OH is 1.